The number of hydrogen-bond acceptors (Lipinski definition) is 6. The van der Waals surface area contributed by atoms with Crippen molar-refractivity contribution >= 4 is 12.1 Å². The lowest BCUT2D eigenvalue weighted by atomic mass is 10.2. The molecule has 118 valence electrons. The Morgan fingerprint density at radius 1 is 1.38 bits per heavy atom. The van der Waals surface area contributed by atoms with Crippen molar-refractivity contribution in [2.45, 2.75) is 51.9 Å². The zero-order valence-corrected chi connectivity index (χ0v) is 12.9. The van der Waals surface area contributed by atoms with Gasteiger partial charge in [0.1, 0.15) is 17.7 Å². The van der Waals surface area contributed by atoms with Crippen LogP contribution in [0.2, 0.25) is 0 Å². The van der Waals surface area contributed by atoms with E-state index >= 15 is 0 Å². The van der Waals surface area contributed by atoms with E-state index in [2.05, 4.69) is 0 Å². The summed E-state index contributed by atoms with van der Waals surface area (Å²) in [5.41, 5.74) is -0.651. The molecule has 0 aromatic carbocycles. The van der Waals surface area contributed by atoms with E-state index < -0.39 is 23.7 Å². The van der Waals surface area contributed by atoms with Gasteiger partial charge in [-0.15, -0.1) is 0 Å². The third kappa shape index (κ3) is 5.23. The first-order valence-corrected chi connectivity index (χ1v) is 6.93. The van der Waals surface area contributed by atoms with Gasteiger partial charge < -0.3 is 14.2 Å². The number of rotatable bonds is 4. The molecule has 1 fully saturated rings. The Hall–Kier alpha value is -1.81. The molecule has 0 aliphatic carbocycles. The molecule has 0 aromatic heterocycles. The van der Waals surface area contributed by atoms with Gasteiger partial charge >= 0.3 is 12.1 Å². The highest BCUT2D eigenvalue weighted by Gasteiger charge is 2.42. The molecule has 0 spiro atoms. The summed E-state index contributed by atoms with van der Waals surface area (Å²) in [5, 5.41) is 8.46. The number of amides is 1. The second-order valence-electron chi connectivity index (χ2n) is 5.73. The molecule has 0 aromatic rings. The van der Waals surface area contributed by atoms with Crippen molar-refractivity contribution < 1.29 is 23.8 Å². The fourth-order valence-corrected chi connectivity index (χ4v) is 2.10. The number of carbonyl (C=O) groups excluding carboxylic acids is 2. The molecule has 1 rings (SSSR count). The lowest BCUT2D eigenvalue weighted by Gasteiger charge is -2.27. The van der Waals surface area contributed by atoms with Crippen LogP contribution in [0.15, 0.2) is 0 Å². The minimum atomic E-state index is -0.773. The van der Waals surface area contributed by atoms with Crippen LogP contribution in [0, 0.1) is 11.3 Å². The Morgan fingerprint density at radius 3 is 2.57 bits per heavy atom. The Kier molecular flexibility index (Phi) is 5.97. The van der Waals surface area contributed by atoms with Gasteiger partial charge in [-0.2, -0.15) is 5.26 Å². The third-order valence-electron chi connectivity index (χ3n) is 2.84. The minimum absolute atomic E-state index is 0.234. The highest BCUT2D eigenvalue weighted by molar-refractivity contribution is 5.82. The van der Waals surface area contributed by atoms with Gasteiger partial charge in [0.05, 0.1) is 12.6 Å². The quantitative estimate of drug-likeness (QED) is 0.730. The molecule has 1 heterocycles. The largest absolute Gasteiger partial charge is 0.449 e. The molecule has 0 saturated carbocycles. The first kappa shape index (κ1) is 17.2. The second-order valence-corrected chi connectivity index (χ2v) is 5.73. The average molecular weight is 298 g/mol. The molecular formula is C14H22N2O5. The summed E-state index contributed by atoms with van der Waals surface area (Å²) in [7, 11) is 0. The van der Waals surface area contributed by atoms with Crippen molar-refractivity contribution in [1.29, 1.82) is 5.26 Å². The highest BCUT2D eigenvalue weighted by atomic mass is 16.6. The minimum Gasteiger partial charge on any atom is -0.449 e. The number of nitrogens with zero attached hydrogens (tertiary/aromatic N) is 2. The van der Waals surface area contributed by atoms with Crippen LogP contribution >= 0.6 is 0 Å². The van der Waals surface area contributed by atoms with Crippen molar-refractivity contribution in [1.82, 2.24) is 4.90 Å². The molecule has 1 aliphatic heterocycles. The second kappa shape index (κ2) is 7.27. The molecule has 7 nitrogen and oxygen atoms in total. The monoisotopic (exact) mass is 298 g/mol. The Morgan fingerprint density at radius 2 is 2.05 bits per heavy atom. The molecule has 0 radical (unpaired) electrons. The van der Waals surface area contributed by atoms with E-state index in [1.807, 2.05) is 6.92 Å². The summed E-state index contributed by atoms with van der Waals surface area (Å²) >= 11 is 0. The van der Waals surface area contributed by atoms with Gasteiger partial charge in [-0.3, -0.25) is 4.90 Å². The first-order valence-electron chi connectivity index (χ1n) is 6.93. The maximum Gasteiger partial charge on any atom is 0.411 e. The van der Waals surface area contributed by atoms with Crippen LogP contribution < -0.4 is 0 Å². The Bertz CT molecular complexity index is 424. The molecule has 1 aliphatic rings. The molecule has 0 N–H and O–H groups in total. The van der Waals surface area contributed by atoms with Crippen LogP contribution in [0.5, 0.6) is 0 Å². The van der Waals surface area contributed by atoms with Gasteiger partial charge in [0.2, 0.25) is 0 Å². The van der Waals surface area contributed by atoms with E-state index in [1.165, 1.54) is 4.90 Å². The summed E-state index contributed by atoms with van der Waals surface area (Å²) in [6.45, 7) is 7.54. The lowest BCUT2D eigenvalue weighted by molar-refractivity contribution is -0.147. The first-order chi connectivity index (χ1) is 9.78. The van der Waals surface area contributed by atoms with E-state index in [0.29, 0.717) is 13.0 Å². The smallest absolute Gasteiger partial charge is 0.411 e. The maximum atomic E-state index is 12.2. The van der Waals surface area contributed by atoms with E-state index in [9.17, 15) is 9.59 Å². The van der Waals surface area contributed by atoms with Crippen LogP contribution in [0.25, 0.3) is 0 Å². The number of ether oxygens (including phenoxy) is 3. The van der Waals surface area contributed by atoms with E-state index in [1.54, 1.807) is 26.8 Å². The summed E-state index contributed by atoms with van der Waals surface area (Å²) in [5.74, 6) is -0.607. The molecule has 7 heteroatoms. The molecule has 2 atom stereocenters. The van der Waals surface area contributed by atoms with Crippen LogP contribution in [-0.2, 0) is 19.0 Å². The van der Waals surface area contributed by atoms with Crippen molar-refractivity contribution in [2.75, 3.05) is 19.8 Å². The van der Waals surface area contributed by atoms with Gasteiger partial charge in [-0.1, -0.05) is 0 Å². The topological polar surface area (TPSA) is 88.9 Å². The van der Waals surface area contributed by atoms with Crippen LogP contribution in [0.1, 0.15) is 34.1 Å². The molecule has 0 bridgehead atoms. The predicted octanol–water partition coefficient (Wildman–Crippen LogP) is 1.47. The zero-order chi connectivity index (χ0) is 16.0. The molecule has 1 amide bonds. The number of likely N-dealkylation sites (tertiary alicyclic amines) is 1. The van der Waals surface area contributed by atoms with Gasteiger partial charge in [0.25, 0.3) is 0 Å². The summed E-state index contributed by atoms with van der Waals surface area (Å²) in [6.07, 6.45) is -0.470. The van der Waals surface area contributed by atoms with Crippen molar-refractivity contribution in [3.8, 4) is 6.07 Å². The fourth-order valence-electron chi connectivity index (χ4n) is 2.10. The lowest BCUT2D eigenvalue weighted by Crippen LogP contribution is -2.44. The van der Waals surface area contributed by atoms with Gasteiger partial charge in [0, 0.05) is 13.0 Å². The summed E-state index contributed by atoms with van der Waals surface area (Å²) in [6, 6.07) is 0.958. The van der Waals surface area contributed by atoms with Crippen molar-refractivity contribution in [2.24, 2.45) is 0 Å². The van der Waals surface area contributed by atoms with E-state index in [0.717, 1.165) is 0 Å². The van der Waals surface area contributed by atoms with E-state index in [-0.39, 0.29) is 19.3 Å². The van der Waals surface area contributed by atoms with Crippen LogP contribution in [-0.4, -0.2) is 54.5 Å². The van der Waals surface area contributed by atoms with Gasteiger partial charge in [-0.05, 0) is 27.7 Å². The molecular weight excluding hydrogens is 276 g/mol. The fraction of sp³-hybridized carbons (Fsp3) is 0.786. The number of carbonyl (C=O) groups is 2. The third-order valence-corrected chi connectivity index (χ3v) is 2.84. The van der Waals surface area contributed by atoms with Crippen molar-refractivity contribution in [3.05, 3.63) is 0 Å². The summed E-state index contributed by atoms with van der Waals surface area (Å²) < 4.78 is 15.6. The van der Waals surface area contributed by atoms with Gasteiger partial charge in [0.15, 0.2) is 6.61 Å². The Balaban J connectivity index is 2.78. The van der Waals surface area contributed by atoms with Crippen molar-refractivity contribution in [3.63, 3.8) is 0 Å². The number of esters is 1. The van der Waals surface area contributed by atoms with Crippen LogP contribution in [0.3, 0.4) is 0 Å². The van der Waals surface area contributed by atoms with E-state index in [4.69, 9.17) is 19.5 Å². The average Bonchev–Trinajstić information content (AvgIpc) is 2.78. The van der Waals surface area contributed by atoms with Crippen LogP contribution in [0.4, 0.5) is 4.79 Å². The predicted molar refractivity (Wildman–Crippen MR) is 73.3 cm³/mol. The Labute approximate surface area is 124 Å². The summed E-state index contributed by atoms with van der Waals surface area (Å²) in [4.78, 5) is 25.4. The molecule has 0 unspecified atom stereocenters. The standard InChI is InChI=1S/C14H22N2O5/c1-5-19-10-8-11(12(17)20-7-6-15)16(9-10)13(18)21-14(2,3)4/h10-11H,5,7-9H2,1-4H3/t10-,11+/m1/s1. The molecule has 1 saturated heterocycles. The normalized spacial score (nSPS) is 21.8. The van der Waals surface area contributed by atoms with Gasteiger partial charge in [-0.25, -0.2) is 9.59 Å². The maximum absolute atomic E-state index is 12.2. The SMILES string of the molecule is CCO[C@@H]1C[C@@H](C(=O)OCC#N)N(C(=O)OC(C)(C)C)C1. The number of hydrogen-bond donors (Lipinski definition) is 0. The number of nitriles is 1. The molecule has 21 heavy (non-hydrogen) atoms. The zero-order valence-electron chi connectivity index (χ0n) is 12.9. The highest BCUT2D eigenvalue weighted by Crippen LogP contribution is 2.24.